The van der Waals surface area contributed by atoms with Crippen molar-refractivity contribution in [2.75, 3.05) is 20.0 Å². The second kappa shape index (κ2) is 5.28. The summed E-state index contributed by atoms with van der Waals surface area (Å²) in [7, 11) is 3.21. The van der Waals surface area contributed by atoms with Gasteiger partial charge in [0.2, 0.25) is 0 Å². The second-order valence-electron chi connectivity index (χ2n) is 4.55. The lowest BCUT2D eigenvalue weighted by Crippen LogP contribution is -1.98. The minimum atomic E-state index is 0.426. The summed E-state index contributed by atoms with van der Waals surface area (Å²) in [5, 5.41) is 10.1. The molecule has 0 aliphatic heterocycles. The fraction of sp³-hybridized carbons (Fsp3) is 0.125. The molecule has 0 saturated heterocycles. The van der Waals surface area contributed by atoms with Crippen molar-refractivity contribution in [3.05, 3.63) is 42.5 Å². The first-order chi connectivity index (χ1) is 10.2. The number of anilines is 1. The van der Waals surface area contributed by atoms with Gasteiger partial charge in [-0.25, -0.2) is 0 Å². The molecule has 106 valence electrons. The number of benzene rings is 2. The molecule has 21 heavy (non-hydrogen) atoms. The maximum absolute atomic E-state index is 5.89. The Morgan fingerprint density at radius 1 is 0.857 bits per heavy atom. The van der Waals surface area contributed by atoms with Crippen LogP contribution < -0.4 is 15.2 Å². The van der Waals surface area contributed by atoms with Crippen molar-refractivity contribution < 1.29 is 9.47 Å². The first-order valence-electron chi connectivity index (χ1n) is 6.48. The smallest absolute Gasteiger partial charge is 0.161 e. The van der Waals surface area contributed by atoms with E-state index in [0.29, 0.717) is 17.3 Å². The number of fused-ring (bicyclic) bond motifs is 1. The molecule has 0 radical (unpaired) electrons. The second-order valence-corrected chi connectivity index (χ2v) is 4.55. The average molecular weight is 281 g/mol. The summed E-state index contributed by atoms with van der Waals surface area (Å²) in [6.07, 6.45) is 0. The molecule has 0 spiro atoms. The summed E-state index contributed by atoms with van der Waals surface area (Å²) in [5.74, 6) is 1.75. The van der Waals surface area contributed by atoms with Crippen LogP contribution in [0.1, 0.15) is 0 Å². The number of hydrogen-bond donors (Lipinski definition) is 1. The molecule has 0 unspecified atom stereocenters. The normalized spacial score (nSPS) is 10.6. The molecule has 0 amide bonds. The molecule has 0 aliphatic rings. The number of nitrogens with zero attached hydrogens (tertiary/aromatic N) is 2. The molecular formula is C16H15N3O2. The Labute approximate surface area is 122 Å². The van der Waals surface area contributed by atoms with Crippen LogP contribution in [0.5, 0.6) is 11.5 Å². The molecule has 2 aromatic carbocycles. The van der Waals surface area contributed by atoms with E-state index in [-0.39, 0.29) is 0 Å². The average Bonchev–Trinajstić information content (AvgIpc) is 2.55. The van der Waals surface area contributed by atoms with Crippen LogP contribution in [0.2, 0.25) is 0 Å². The van der Waals surface area contributed by atoms with Crippen molar-refractivity contribution in [2.45, 2.75) is 0 Å². The molecule has 0 saturated carbocycles. The minimum Gasteiger partial charge on any atom is -0.493 e. The van der Waals surface area contributed by atoms with Gasteiger partial charge in [0.25, 0.3) is 0 Å². The van der Waals surface area contributed by atoms with Gasteiger partial charge in [0, 0.05) is 16.3 Å². The molecular weight excluding hydrogens is 266 g/mol. The highest BCUT2D eigenvalue weighted by Gasteiger charge is 2.12. The zero-order chi connectivity index (χ0) is 14.8. The summed E-state index contributed by atoms with van der Waals surface area (Å²) < 4.78 is 10.6. The molecule has 1 aromatic heterocycles. The zero-order valence-corrected chi connectivity index (χ0v) is 11.8. The molecule has 5 heteroatoms. The van der Waals surface area contributed by atoms with Gasteiger partial charge in [0.05, 0.1) is 14.2 Å². The number of methoxy groups -OCH3 is 2. The maximum atomic E-state index is 5.89. The topological polar surface area (TPSA) is 70.3 Å². The molecule has 1 heterocycles. The largest absolute Gasteiger partial charge is 0.493 e. The molecule has 0 fully saturated rings. The van der Waals surface area contributed by atoms with Gasteiger partial charge in [-0.05, 0) is 18.2 Å². The molecule has 3 aromatic rings. The Balaban J connectivity index is 2.23. The van der Waals surface area contributed by atoms with Crippen molar-refractivity contribution in [2.24, 2.45) is 0 Å². The predicted molar refractivity (Wildman–Crippen MR) is 82.5 cm³/mol. The highest BCUT2D eigenvalue weighted by Crippen LogP contribution is 2.34. The van der Waals surface area contributed by atoms with E-state index in [1.165, 1.54) is 0 Å². The van der Waals surface area contributed by atoms with Crippen LogP contribution in [0, 0.1) is 0 Å². The number of nitrogens with two attached hydrogens (primary N) is 1. The number of ether oxygens (including phenoxy) is 2. The van der Waals surface area contributed by atoms with Gasteiger partial charge in [0.1, 0.15) is 5.69 Å². The van der Waals surface area contributed by atoms with Gasteiger partial charge in [0.15, 0.2) is 17.3 Å². The Morgan fingerprint density at radius 2 is 1.57 bits per heavy atom. The lowest BCUT2D eigenvalue weighted by atomic mass is 10.0. The van der Waals surface area contributed by atoms with Crippen LogP contribution in [-0.2, 0) is 0 Å². The van der Waals surface area contributed by atoms with Gasteiger partial charge in [-0.3, -0.25) is 0 Å². The summed E-state index contributed by atoms with van der Waals surface area (Å²) in [6, 6.07) is 13.4. The van der Waals surface area contributed by atoms with Crippen LogP contribution in [0.25, 0.3) is 22.0 Å². The van der Waals surface area contributed by atoms with Gasteiger partial charge in [-0.2, -0.15) is 0 Å². The van der Waals surface area contributed by atoms with Crippen molar-refractivity contribution in [1.82, 2.24) is 10.2 Å². The number of aromatic nitrogens is 2. The number of rotatable bonds is 3. The standard InChI is InChI=1S/C16H15N3O2/c1-20-13-8-7-10(9-14(13)21-2)15-11-5-3-4-6-12(11)16(17)19-18-15/h3-9H,1-2H3,(H2,17,19). The Kier molecular flexibility index (Phi) is 3.31. The maximum Gasteiger partial charge on any atom is 0.161 e. The Bertz CT molecular complexity index is 803. The number of hydrogen-bond acceptors (Lipinski definition) is 5. The lowest BCUT2D eigenvalue weighted by Gasteiger charge is -2.11. The van der Waals surface area contributed by atoms with Crippen molar-refractivity contribution in [1.29, 1.82) is 0 Å². The van der Waals surface area contributed by atoms with E-state index in [0.717, 1.165) is 22.0 Å². The van der Waals surface area contributed by atoms with E-state index < -0.39 is 0 Å². The van der Waals surface area contributed by atoms with Gasteiger partial charge >= 0.3 is 0 Å². The van der Waals surface area contributed by atoms with Crippen molar-refractivity contribution >= 4 is 16.6 Å². The molecule has 5 nitrogen and oxygen atoms in total. The van der Waals surface area contributed by atoms with Gasteiger partial charge in [-0.15, -0.1) is 10.2 Å². The van der Waals surface area contributed by atoms with Crippen LogP contribution in [0.3, 0.4) is 0 Å². The van der Waals surface area contributed by atoms with Gasteiger partial charge in [-0.1, -0.05) is 24.3 Å². The quantitative estimate of drug-likeness (QED) is 0.799. The van der Waals surface area contributed by atoms with E-state index in [1.807, 2.05) is 42.5 Å². The van der Waals surface area contributed by atoms with Crippen molar-refractivity contribution in [3.8, 4) is 22.8 Å². The molecule has 2 N–H and O–H groups in total. The highest BCUT2D eigenvalue weighted by atomic mass is 16.5. The van der Waals surface area contributed by atoms with Crippen LogP contribution >= 0.6 is 0 Å². The minimum absolute atomic E-state index is 0.426. The van der Waals surface area contributed by atoms with E-state index in [4.69, 9.17) is 15.2 Å². The lowest BCUT2D eigenvalue weighted by molar-refractivity contribution is 0.355. The van der Waals surface area contributed by atoms with E-state index >= 15 is 0 Å². The third-order valence-electron chi connectivity index (χ3n) is 3.37. The predicted octanol–water partition coefficient (Wildman–Crippen LogP) is 2.90. The zero-order valence-electron chi connectivity index (χ0n) is 11.8. The van der Waals surface area contributed by atoms with E-state index in [2.05, 4.69) is 10.2 Å². The summed E-state index contributed by atoms with van der Waals surface area (Å²) in [4.78, 5) is 0. The first kappa shape index (κ1) is 13.2. The van der Waals surface area contributed by atoms with Crippen LogP contribution in [0.15, 0.2) is 42.5 Å². The fourth-order valence-electron chi connectivity index (χ4n) is 2.32. The van der Waals surface area contributed by atoms with Crippen LogP contribution in [0.4, 0.5) is 5.82 Å². The van der Waals surface area contributed by atoms with Crippen LogP contribution in [-0.4, -0.2) is 24.4 Å². The third-order valence-corrected chi connectivity index (χ3v) is 3.37. The highest BCUT2D eigenvalue weighted by molar-refractivity contribution is 5.99. The third kappa shape index (κ3) is 2.23. The molecule has 0 aliphatic carbocycles. The summed E-state index contributed by atoms with van der Waals surface area (Å²) in [5.41, 5.74) is 7.55. The Hall–Kier alpha value is -2.82. The monoisotopic (exact) mass is 281 g/mol. The fourth-order valence-corrected chi connectivity index (χ4v) is 2.32. The van der Waals surface area contributed by atoms with E-state index in [1.54, 1.807) is 14.2 Å². The van der Waals surface area contributed by atoms with E-state index in [9.17, 15) is 0 Å². The van der Waals surface area contributed by atoms with Gasteiger partial charge < -0.3 is 15.2 Å². The van der Waals surface area contributed by atoms with Crippen molar-refractivity contribution in [3.63, 3.8) is 0 Å². The summed E-state index contributed by atoms with van der Waals surface area (Å²) in [6.45, 7) is 0. The molecule has 3 rings (SSSR count). The molecule has 0 bridgehead atoms. The first-order valence-corrected chi connectivity index (χ1v) is 6.48. The summed E-state index contributed by atoms with van der Waals surface area (Å²) >= 11 is 0. The molecule has 0 atom stereocenters. The SMILES string of the molecule is COc1ccc(-c2nnc(N)c3ccccc23)cc1OC. The Morgan fingerprint density at radius 3 is 2.29 bits per heavy atom. The number of nitrogen functional groups attached to an aromatic ring is 1.